The van der Waals surface area contributed by atoms with Crippen molar-refractivity contribution in [2.45, 2.75) is 63.9 Å². The minimum Gasteiger partial charge on any atom is -0.497 e. The molecule has 3 heterocycles. The Kier molecular flexibility index (Phi) is 6.68. The summed E-state index contributed by atoms with van der Waals surface area (Å²) in [5.74, 6) is 1.77. The Morgan fingerprint density at radius 3 is 2.69 bits per heavy atom. The van der Waals surface area contributed by atoms with Crippen LogP contribution in [-0.2, 0) is 20.7 Å². The summed E-state index contributed by atoms with van der Waals surface area (Å²) in [5, 5.41) is 2.88. The normalized spacial score (nSPS) is 26.9. The van der Waals surface area contributed by atoms with E-state index in [4.69, 9.17) is 14.2 Å². The van der Waals surface area contributed by atoms with Gasteiger partial charge in [-0.15, -0.1) is 0 Å². The number of carbonyl (C=O) groups excluding carboxylic acids is 2. The lowest BCUT2D eigenvalue weighted by Gasteiger charge is -2.53. The fourth-order valence-electron chi connectivity index (χ4n) is 6.13. The third kappa shape index (κ3) is 4.81. The predicted octanol–water partition coefficient (Wildman–Crippen LogP) is 3.91. The number of hydrogen-bond acceptors (Lipinski definition) is 5. The maximum atomic E-state index is 13.6. The molecule has 7 heteroatoms. The molecule has 0 radical (unpaired) electrons. The van der Waals surface area contributed by atoms with Gasteiger partial charge in [0.15, 0.2) is 0 Å². The molecule has 2 fully saturated rings. The number of methoxy groups -OCH3 is 1. The minimum absolute atomic E-state index is 0.0220. The van der Waals surface area contributed by atoms with Crippen LogP contribution in [-0.4, -0.2) is 54.7 Å². The molecule has 5 atom stereocenters. The van der Waals surface area contributed by atoms with Crippen molar-refractivity contribution < 1.29 is 23.8 Å². The molecule has 0 aliphatic carbocycles. The first-order valence-corrected chi connectivity index (χ1v) is 12.9. The highest BCUT2D eigenvalue weighted by Gasteiger charge is 2.51. The number of piperidine rings is 1. The average molecular weight is 493 g/mol. The van der Waals surface area contributed by atoms with E-state index in [1.54, 1.807) is 7.11 Å². The standard InChI is InChI=1S/C29H36N2O5/c1-18(32)30-24(14-19-8-6-5-7-9-19)28(33)31-13-12-25-20(17-31)15-23-27(35-25)22-11-10-21(34-4)16-26(22)36-29(23,2)3/h5-11,16,20,23-25,27H,12-15,17H2,1-4H3,(H,30,32)/t20-,23+,24-,25+,27-/m0/s1. The molecule has 0 bridgehead atoms. The van der Waals surface area contributed by atoms with Crippen molar-refractivity contribution in [2.24, 2.45) is 11.8 Å². The number of fused-ring (bicyclic) bond motifs is 4. The Hall–Kier alpha value is -3.06. The van der Waals surface area contributed by atoms with Crippen molar-refractivity contribution in [1.82, 2.24) is 10.2 Å². The zero-order valence-electron chi connectivity index (χ0n) is 21.5. The summed E-state index contributed by atoms with van der Waals surface area (Å²) < 4.78 is 18.6. The second-order valence-corrected chi connectivity index (χ2v) is 10.8. The smallest absolute Gasteiger partial charge is 0.245 e. The van der Waals surface area contributed by atoms with Crippen LogP contribution < -0.4 is 14.8 Å². The molecule has 5 rings (SSSR count). The fourth-order valence-corrected chi connectivity index (χ4v) is 6.13. The summed E-state index contributed by atoms with van der Waals surface area (Å²) in [5.41, 5.74) is 1.69. The molecule has 0 unspecified atom stereocenters. The van der Waals surface area contributed by atoms with Crippen LogP contribution in [0.15, 0.2) is 48.5 Å². The first kappa shape index (κ1) is 24.6. The van der Waals surface area contributed by atoms with Crippen LogP contribution >= 0.6 is 0 Å². The summed E-state index contributed by atoms with van der Waals surface area (Å²) in [6, 6.07) is 15.2. The first-order valence-electron chi connectivity index (χ1n) is 12.9. The third-order valence-electron chi connectivity index (χ3n) is 7.97. The summed E-state index contributed by atoms with van der Waals surface area (Å²) in [6.45, 7) is 6.95. The van der Waals surface area contributed by atoms with E-state index in [0.717, 1.165) is 35.5 Å². The summed E-state index contributed by atoms with van der Waals surface area (Å²) >= 11 is 0. The highest BCUT2D eigenvalue weighted by Crippen LogP contribution is 2.53. The lowest BCUT2D eigenvalue weighted by atomic mass is 9.70. The number of carbonyl (C=O) groups is 2. The first-order chi connectivity index (χ1) is 17.2. The monoisotopic (exact) mass is 492 g/mol. The summed E-state index contributed by atoms with van der Waals surface area (Å²) in [7, 11) is 1.66. The summed E-state index contributed by atoms with van der Waals surface area (Å²) in [6.07, 6.45) is 2.23. The highest BCUT2D eigenvalue weighted by atomic mass is 16.5. The Balaban J connectivity index is 1.32. The zero-order valence-corrected chi connectivity index (χ0v) is 21.5. The van der Waals surface area contributed by atoms with Crippen molar-refractivity contribution in [2.75, 3.05) is 20.2 Å². The van der Waals surface area contributed by atoms with Gasteiger partial charge in [0, 0.05) is 49.9 Å². The van der Waals surface area contributed by atoms with Crippen molar-refractivity contribution in [3.63, 3.8) is 0 Å². The molecule has 0 aromatic heterocycles. The van der Waals surface area contributed by atoms with Crippen molar-refractivity contribution in [1.29, 1.82) is 0 Å². The van der Waals surface area contributed by atoms with Gasteiger partial charge in [-0.05, 0) is 44.4 Å². The second-order valence-electron chi connectivity index (χ2n) is 10.8. The Morgan fingerprint density at radius 2 is 1.97 bits per heavy atom. The number of likely N-dealkylation sites (tertiary alicyclic amines) is 1. The number of rotatable bonds is 5. The molecular weight excluding hydrogens is 456 g/mol. The molecule has 0 spiro atoms. The van der Waals surface area contributed by atoms with Gasteiger partial charge in [0.2, 0.25) is 11.8 Å². The molecule has 0 saturated carbocycles. The SMILES string of the molecule is COc1ccc2c(c1)OC(C)(C)[C@@H]1C[C@H]3CN(C(=O)[C@H](Cc4ccccc4)NC(C)=O)CC[C@H]3O[C@@H]21. The van der Waals surface area contributed by atoms with Crippen LogP contribution in [0.25, 0.3) is 0 Å². The maximum absolute atomic E-state index is 13.6. The number of amides is 2. The number of hydrogen-bond donors (Lipinski definition) is 1. The van der Waals surface area contributed by atoms with Crippen LogP contribution in [0, 0.1) is 11.8 Å². The molecule has 3 aliphatic rings. The van der Waals surface area contributed by atoms with Crippen molar-refractivity contribution >= 4 is 11.8 Å². The molecule has 2 saturated heterocycles. The zero-order chi connectivity index (χ0) is 25.4. The molecule has 36 heavy (non-hydrogen) atoms. The molecule has 1 N–H and O–H groups in total. The molecule has 3 aliphatic heterocycles. The molecule has 192 valence electrons. The largest absolute Gasteiger partial charge is 0.497 e. The van der Waals surface area contributed by atoms with E-state index >= 15 is 0 Å². The van der Waals surface area contributed by atoms with Crippen LogP contribution in [0.1, 0.15) is 50.8 Å². The quantitative estimate of drug-likeness (QED) is 0.685. The van der Waals surface area contributed by atoms with E-state index in [1.807, 2.05) is 47.4 Å². The van der Waals surface area contributed by atoms with Gasteiger partial charge in [-0.1, -0.05) is 30.3 Å². The van der Waals surface area contributed by atoms with Gasteiger partial charge in [0.05, 0.1) is 19.3 Å². The Labute approximate surface area is 213 Å². The van der Waals surface area contributed by atoms with Gasteiger partial charge in [0.25, 0.3) is 0 Å². The van der Waals surface area contributed by atoms with Crippen LogP contribution in [0.2, 0.25) is 0 Å². The Bertz CT molecular complexity index is 1120. The number of nitrogens with zero attached hydrogens (tertiary/aromatic N) is 1. The number of nitrogens with one attached hydrogen (secondary N) is 1. The van der Waals surface area contributed by atoms with E-state index in [9.17, 15) is 9.59 Å². The average Bonchev–Trinajstić information content (AvgIpc) is 2.86. The molecule has 2 aromatic rings. The molecule has 2 amide bonds. The van der Waals surface area contributed by atoms with E-state index in [2.05, 4.69) is 25.2 Å². The van der Waals surface area contributed by atoms with Gasteiger partial charge >= 0.3 is 0 Å². The van der Waals surface area contributed by atoms with Crippen molar-refractivity contribution in [3.05, 3.63) is 59.7 Å². The van der Waals surface area contributed by atoms with Crippen LogP contribution in [0.5, 0.6) is 11.5 Å². The van der Waals surface area contributed by atoms with Crippen LogP contribution in [0.3, 0.4) is 0 Å². The lowest BCUT2D eigenvalue weighted by Crippen LogP contribution is -2.58. The molecule has 2 aromatic carbocycles. The third-order valence-corrected chi connectivity index (χ3v) is 7.97. The summed E-state index contributed by atoms with van der Waals surface area (Å²) in [4.78, 5) is 27.4. The van der Waals surface area contributed by atoms with Gasteiger partial charge in [-0.3, -0.25) is 9.59 Å². The molecule has 7 nitrogen and oxygen atoms in total. The highest BCUT2D eigenvalue weighted by molar-refractivity contribution is 5.87. The van der Waals surface area contributed by atoms with Crippen LogP contribution in [0.4, 0.5) is 0 Å². The molecular formula is C29H36N2O5. The van der Waals surface area contributed by atoms with Gasteiger partial charge in [0.1, 0.15) is 23.1 Å². The minimum atomic E-state index is -0.574. The van der Waals surface area contributed by atoms with E-state index < -0.39 is 11.6 Å². The topological polar surface area (TPSA) is 77.1 Å². The second kappa shape index (κ2) is 9.77. The maximum Gasteiger partial charge on any atom is 0.245 e. The predicted molar refractivity (Wildman–Crippen MR) is 136 cm³/mol. The van der Waals surface area contributed by atoms with E-state index in [0.29, 0.717) is 19.5 Å². The van der Waals surface area contributed by atoms with Gasteiger partial charge in [-0.2, -0.15) is 0 Å². The Morgan fingerprint density at radius 1 is 1.19 bits per heavy atom. The fraction of sp³-hybridized carbons (Fsp3) is 0.517. The number of benzene rings is 2. The van der Waals surface area contributed by atoms with E-state index in [1.165, 1.54) is 6.92 Å². The lowest BCUT2D eigenvalue weighted by molar-refractivity contribution is -0.189. The number of ether oxygens (including phenoxy) is 3. The van der Waals surface area contributed by atoms with Crippen molar-refractivity contribution in [3.8, 4) is 11.5 Å². The van der Waals surface area contributed by atoms with Gasteiger partial charge in [-0.25, -0.2) is 0 Å². The van der Waals surface area contributed by atoms with Gasteiger partial charge < -0.3 is 24.4 Å². The van der Waals surface area contributed by atoms with E-state index in [-0.39, 0.29) is 35.9 Å².